The lowest BCUT2D eigenvalue weighted by Crippen LogP contribution is -2.34. The highest BCUT2D eigenvalue weighted by Crippen LogP contribution is 2.33. The number of nitro groups is 1. The molecule has 2 rings (SSSR count). The van der Waals surface area contributed by atoms with Crippen molar-refractivity contribution in [2.75, 3.05) is 12.4 Å². The Kier molecular flexibility index (Phi) is 6.90. The molecule has 0 heterocycles. The summed E-state index contributed by atoms with van der Waals surface area (Å²) in [6.07, 6.45) is 0. The fraction of sp³-hybridized carbons (Fsp3) is 0.176. The number of halogens is 2. The molecule has 142 valence electrons. The van der Waals surface area contributed by atoms with Crippen LogP contribution in [0, 0.1) is 24.0 Å². The zero-order chi connectivity index (χ0) is 20.3. The molecule has 2 N–H and O–H groups in total. The summed E-state index contributed by atoms with van der Waals surface area (Å²) >= 11 is 11.8. The van der Waals surface area contributed by atoms with E-state index >= 15 is 0 Å². The van der Waals surface area contributed by atoms with Gasteiger partial charge in [0.15, 0.2) is 5.11 Å². The number of nitro benzene ring substituents is 1. The Labute approximate surface area is 177 Å². The fourth-order valence-corrected chi connectivity index (χ4v) is 3.95. The first kappa shape index (κ1) is 21.3. The zero-order valence-corrected chi connectivity index (χ0v) is 18.5. The third-order valence-electron chi connectivity index (χ3n) is 3.83. The smallest absolute Gasteiger partial charge is 0.293 e. The average molecular weight is 517 g/mol. The third kappa shape index (κ3) is 4.82. The summed E-state index contributed by atoms with van der Waals surface area (Å²) in [7, 11) is 1.45. The van der Waals surface area contributed by atoms with E-state index in [4.69, 9.17) is 17.0 Å². The van der Waals surface area contributed by atoms with E-state index < -0.39 is 10.8 Å². The van der Waals surface area contributed by atoms with E-state index in [0.717, 1.165) is 5.56 Å². The number of thiocarbonyl (C=S) groups is 1. The van der Waals surface area contributed by atoms with Gasteiger partial charge in [-0.3, -0.25) is 20.2 Å². The molecule has 10 heteroatoms. The Morgan fingerprint density at radius 2 is 1.93 bits per heavy atom. The minimum absolute atomic E-state index is 0.0602. The number of carbonyl (C=O) groups is 1. The largest absolute Gasteiger partial charge is 0.495 e. The molecule has 0 aliphatic carbocycles. The lowest BCUT2D eigenvalue weighted by molar-refractivity contribution is -0.383. The van der Waals surface area contributed by atoms with Crippen LogP contribution < -0.4 is 15.4 Å². The summed E-state index contributed by atoms with van der Waals surface area (Å²) < 4.78 is 6.52. The molecule has 0 bridgehead atoms. The van der Waals surface area contributed by atoms with Gasteiger partial charge in [-0.2, -0.15) is 0 Å². The molecule has 0 aliphatic rings. The van der Waals surface area contributed by atoms with Crippen LogP contribution in [0.2, 0.25) is 0 Å². The van der Waals surface area contributed by atoms with Crippen molar-refractivity contribution in [2.45, 2.75) is 13.8 Å². The van der Waals surface area contributed by atoms with Gasteiger partial charge in [0.1, 0.15) is 11.4 Å². The quantitative estimate of drug-likeness (QED) is 0.342. The van der Waals surface area contributed by atoms with E-state index in [2.05, 4.69) is 42.5 Å². The third-order valence-corrected chi connectivity index (χ3v) is 5.08. The van der Waals surface area contributed by atoms with E-state index in [1.54, 1.807) is 25.1 Å². The van der Waals surface area contributed by atoms with Gasteiger partial charge >= 0.3 is 0 Å². The van der Waals surface area contributed by atoms with Gasteiger partial charge in [-0.25, -0.2) is 0 Å². The van der Waals surface area contributed by atoms with Crippen molar-refractivity contribution in [3.8, 4) is 5.75 Å². The molecule has 0 unspecified atom stereocenters. The summed E-state index contributed by atoms with van der Waals surface area (Å²) in [5, 5.41) is 16.5. The second-order valence-corrected chi connectivity index (χ2v) is 7.71. The van der Waals surface area contributed by atoms with Crippen LogP contribution >= 0.6 is 44.1 Å². The van der Waals surface area contributed by atoms with E-state index in [-0.39, 0.29) is 22.1 Å². The van der Waals surface area contributed by atoms with Crippen molar-refractivity contribution in [1.29, 1.82) is 0 Å². The standard InChI is InChI=1S/C17H15Br2N3O4S/c1-8-4-5-13(22(24)25)14(9(8)2)20-17(27)21-16(23)11-6-10(18)7-12(19)15(11)26-3/h4-7H,1-3H3,(H2,20,21,23,27). The van der Waals surface area contributed by atoms with E-state index in [1.165, 1.54) is 13.2 Å². The van der Waals surface area contributed by atoms with Crippen LogP contribution in [-0.4, -0.2) is 23.1 Å². The molecule has 27 heavy (non-hydrogen) atoms. The number of nitrogens with zero attached hydrogens (tertiary/aromatic N) is 1. The van der Waals surface area contributed by atoms with Gasteiger partial charge in [0.2, 0.25) is 0 Å². The van der Waals surface area contributed by atoms with Gasteiger partial charge in [-0.05, 0) is 65.3 Å². The number of amides is 1. The van der Waals surface area contributed by atoms with E-state index in [1.807, 2.05) is 6.92 Å². The highest BCUT2D eigenvalue weighted by molar-refractivity contribution is 9.11. The first-order valence-corrected chi connectivity index (χ1v) is 9.55. The van der Waals surface area contributed by atoms with Crippen LogP contribution in [0.4, 0.5) is 11.4 Å². The Hall–Kier alpha value is -2.04. The van der Waals surface area contributed by atoms with Crippen molar-refractivity contribution in [3.63, 3.8) is 0 Å². The monoisotopic (exact) mass is 515 g/mol. The molecule has 0 radical (unpaired) electrons. The molecule has 2 aromatic carbocycles. The number of hydrogen-bond donors (Lipinski definition) is 2. The van der Waals surface area contributed by atoms with Crippen LogP contribution in [0.5, 0.6) is 5.75 Å². The normalized spacial score (nSPS) is 10.3. The Bertz CT molecular complexity index is 950. The van der Waals surface area contributed by atoms with Crippen LogP contribution in [0.15, 0.2) is 33.2 Å². The molecule has 2 aromatic rings. The first-order chi connectivity index (χ1) is 12.6. The Morgan fingerprint density at radius 3 is 2.52 bits per heavy atom. The van der Waals surface area contributed by atoms with Crippen molar-refractivity contribution >= 4 is 66.5 Å². The summed E-state index contributed by atoms with van der Waals surface area (Å²) in [6, 6.07) is 6.38. The molecule has 7 nitrogen and oxygen atoms in total. The number of nitrogens with one attached hydrogen (secondary N) is 2. The lowest BCUT2D eigenvalue weighted by Gasteiger charge is -2.15. The van der Waals surface area contributed by atoms with Gasteiger partial charge in [0.05, 0.1) is 22.1 Å². The average Bonchev–Trinajstić information content (AvgIpc) is 2.58. The number of methoxy groups -OCH3 is 1. The SMILES string of the molecule is COc1c(Br)cc(Br)cc1C(=O)NC(=S)Nc1c([N+](=O)[O-])ccc(C)c1C. The maximum Gasteiger partial charge on any atom is 0.293 e. The summed E-state index contributed by atoms with van der Waals surface area (Å²) in [5.41, 5.74) is 1.89. The number of hydrogen-bond acceptors (Lipinski definition) is 5. The minimum Gasteiger partial charge on any atom is -0.495 e. The Morgan fingerprint density at radius 1 is 1.26 bits per heavy atom. The summed E-state index contributed by atoms with van der Waals surface area (Å²) in [5.74, 6) is -0.171. The minimum atomic E-state index is -0.515. The summed E-state index contributed by atoms with van der Waals surface area (Å²) in [4.78, 5) is 23.4. The van der Waals surface area contributed by atoms with Crippen molar-refractivity contribution in [2.24, 2.45) is 0 Å². The van der Waals surface area contributed by atoms with Crippen LogP contribution in [0.1, 0.15) is 21.5 Å². The van der Waals surface area contributed by atoms with Crippen molar-refractivity contribution in [1.82, 2.24) is 5.32 Å². The van der Waals surface area contributed by atoms with Crippen LogP contribution in [0.25, 0.3) is 0 Å². The molecule has 0 aromatic heterocycles. The second-order valence-electron chi connectivity index (χ2n) is 5.54. The molecule has 1 amide bonds. The fourth-order valence-electron chi connectivity index (χ4n) is 2.36. The molecule has 0 fully saturated rings. The molecule has 0 saturated carbocycles. The molecule has 0 spiro atoms. The molecule has 0 atom stereocenters. The van der Waals surface area contributed by atoms with Crippen LogP contribution in [0.3, 0.4) is 0 Å². The van der Waals surface area contributed by atoms with Gasteiger partial charge in [-0.15, -0.1) is 0 Å². The van der Waals surface area contributed by atoms with Crippen LogP contribution in [-0.2, 0) is 0 Å². The van der Waals surface area contributed by atoms with Gasteiger partial charge in [-0.1, -0.05) is 22.0 Å². The topological polar surface area (TPSA) is 93.5 Å². The number of anilines is 1. The number of ether oxygens (including phenoxy) is 1. The maximum atomic E-state index is 12.6. The van der Waals surface area contributed by atoms with E-state index in [9.17, 15) is 14.9 Å². The van der Waals surface area contributed by atoms with Gasteiger partial charge in [0, 0.05) is 10.5 Å². The molecule has 0 aliphatic heterocycles. The maximum absolute atomic E-state index is 12.6. The number of rotatable bonds is 4. The van der Waals surface area contributed by atoms with E-state index in [0.29, 0.717) is 20.3 Å². The van der Waals surface area contributed by atoms with Crippen molar-refractivity contribution in [3.05, 3.63) is 60.0 Å². The highest BCUT2D eigenvalue weighted by atomic mass is 79.9. The lowest BCUT2D eigenvalue weighted by atomic mass is 10.1. The molecule has 0 saturated heterocycles. The first-order valence-electron chi connectivity index (χ1n) is 7.55. The predicted octanol–water partition coefficient (Wildman–Crippen LogP) is 4.87. The zero-order valence-electron chi connectivity index (χ0n) is 14.6. The molecular weight excluding hydrogens is 502 g/mol. The van der Waals surface area contributed by atoms with Crippen molar-refractivity contribution < 1.29 is 14.5 Å². The summed E-state index contributed by atoms with van der Waals surface area (Å²) in [6.45, 7) is 3.57. The van der Waals surface area contributed by atoms with Gasteiger partial charge in [0.25, 0.3) is 11.6 Å². The number of aryl methyl sites for hydroxylation is 1. The Balaban J connectivity index is 2.29. The second kappa shape index (κ2) is 8.77. The number of carbonyl (C=O) groups excluding carboxylic acids is 1. The van der Waals surface area contributed by atoms with Gasteiger partial charge < -0.3 is 10.1 Å². The molecular formula is C17H15Br2N3O4S. The number of benzene rings is 2. The highest BCUT2D eigenvalue weighted by Gasteiger charge is 2.21. The predicted molar refractivity (Wildman–Crippen MR) is 115 cm³/mol.